The van der Waals surface area contributed by atoms with E-state index in [1.54, 1.807) is 35.8 Å². The lowest BCUT2D eigenvalue weighted by molar-refractivity contribution is -0.123. The Labute approximate surface area is 128 Å². The Kier molecular flexibility index (Phi) is 4.00. The molecule has 21 heavy (non-hydrogen) atoms. The molecule has 1 aliphatic rings. The molecule has 1 saturated heterocycles. The average Bonchev–Trinajstić information content (AvgIpc) is 3.11. The first-order chi connectivity index (χ1) is 10.1. The molecule has 1 fully saturated rings. The molecule has 1 aliphatic heterocycles. The van der Waals surface area contributed by atoms with E-state index in [-0.39, 0.29) is 5.91 Å². The van der Waals surface area contributed by atoms with Crippen molar-refractivity contribution in [3.8, 4) is 0 Å². The summed E-state index contributed by atoms with van der Waals surface area (Å²) >= 11 is 1.37. The number of nitrogens with zero attached hydrogens (tertiary/aromatic N) is 2. The molecular weight excluding hydrogens is 310 g/mol. The van der Waals surface area contributed by atoms with E-state index in [4.69, 9.17) is 0 Å². The number of aliphatic hydroxyl groups is 1. The molecule has 0 bridgehead atoms. The second-order valence-electron chi connectivity index (χ2n) is 4.50. The quantitative estimate of drug-likeness (QED) is 0.890. The standard InChI is InChI=1S/C13H13N3O3S2/c17-11-5-7-16(12(11)18)9-1-3-10(4-2-9)21(19)15-13-14-6-8-20-13/h1-4,6,8,11,17H,5,7H2,(H,14,15)/t11-,21?/m1/s1. The number of rotatable bonds is 4. The van der Waals surface area contributed by atoms with Crippen molar-refractivity contribution in [1.82, 2.24) is 4.98 Å². The normalized spacial score (nSPS) is 19.8. The number of carbonyl (C=O) groups excluding carboxylic acids is 1. The Hall–Kier alpha value is -1.77. The van der Waals surface area contributed by atoms with Crippen LogP contribution in [0.15, 0.2) is 40.7 Å². The van der Waals surface area contributed by atoms with Crippen LogP contribution in [0.1, 0.15) is 6.42 Å². The van der Waals surface area contributed by atoms with Gasteiger partial charge in [-0.1, -0.05) is 0 Å². The second-order valence-corrected chi connectivity index (χ2v) is 6.60. The van der Waals surface area contributed by atoms with Gasteiger partial charge in [-0.2, -0.15) is 0 Å². The first-order valence-corrected chi connectivity index (χ1v) is 8.35. The number of anilines is 2. The fourth-order valence-corrected chi connectivity index (χ4v) is 3.59. The minimum Gasteiger partial charge on any atom is -0.383 e. The van der Waals surface area contributed by atoms with Crippen LogP contribution < -0.4 is 9.62 Å². The number of hydrogen-bond acceptors (Lipinski definition) is 5. The largest absolute Gasteiger partial charge is 0.383 e. The van der Waals surface area contributed by atoms with E-state index >= 15 is 0 Å². The molecule has 0 spiro atoms. The van der Waals surface area contributed by atoms with Crippen molar-refractivity contribution in [2.75, 3.05) is 16.2 Å². The SMILES string of the molecule is O=C1[C@H](O)CCN1c1ccc(S(=O)Nc2nccs2)cc1. The van der Waals surface area contributed by atoms with Gasteiger partial charge in [0.25, 0.3) is 5.91 Å². The van der Waals surface area contributed by atoms with Crippen LogP contribution in [-0.2, 0) is 15.8 Å². The fourth-order valence-electron chi connectivity index (χ4n) is 2.08. The zero-order valence-electron chi connectivity index (χ0n) is 10.9. The van der Waals surface area contributed by atoms with Crippen LogP contribution >= 0.6 is 11.3 Å². The van der Waals surface area contributed by atoms with E-state index in [1.807, 2.05) is 0 Å². The van der Waals surface area contributed by atoms with Crippen molar-refractivity contribution in [3.63, 3.8) is 0 Å². The molecular formula is C13H13N3O3S2. The molecule has 3 rings (SSSR count). The van der Waals surface area contributed by atoms with Gasteiger partial charge in [0.15, 0.2) is 16.1 Å². The third kappa shape index (κ3) is 2.97. The van der Waals surface area contributed by atoms with Gasteiger partial charge in [-0.25, -0.2) is 9.19 Å². The molecule has 8 heteroatoms. The summed E-state index contributed by atoms with van der Waals surface area (Å²) in [6, 6.07) is 6.85. The number of aliphatic hydroxyl groups excluding tert-OH is 1. The number of nitrogens with one attached hydrogen (secondary N) is 1. The van der Waals surface area contributed by atoms with Gasteiger partial charge in [-0.15, -0.1) is 11.3 Å². The maximum atomic E-state index is 12.1. The van der Waals surface area contributed by atoms with Gasteiger partial charge in [-0.3, -0.25) is 9.52 Å². The molecule has 2 N–H and O–H groups in total. The van der Waals surface area contributed by atoms with Crippen molar-refractivity contribution in [2.45, 2.75) is 17.4 Å². The van der Waals surface area contributed by atoms with Crippen LogP contribution in [0.2, 0.25) is 0 Å². The number of thiazole rings is 1. The molecule has 0 aliphatic carbocycles. The van der Waals surface area contributed by atoms with Crippen LogP contribution in [0.5, 0.6) is 0 Å². The minimum absolute atomic E-state index is 0.287. The van der Waals surface area contributed by atoms with Gasteiger partial charge in [0.1, 0.15) is 6.10 Å². The molecule has 1 aromatic heterocycles. The van der Waals surface area contributed by atoms with Crippen molar-refractivity contribution >= 4 is 39.0 Å². The van der Waals surface area contributed by atoms with Crippen LogP contribution in [0.3, 0.4) is 0 Å². The zero-order valence-corrected chi connectivity index (χ0v) is 12.6. The van der Waals surface area contributed by atoms with Crippen LogP contribution in [0, 0.1) is 0 Å². The fraction of sp³-hybridized carbons (Fsp3) is 0.231. The highest BCUT2D eigenvalue weighted by atomic mass is 32.2. The summed E-state index contributed by atoms with van der Waals surface area (Å²) in [4.78, 5) is 17.9. The molecule has 1 amide bonds. The molecule has 110 valence electrons. The van der Waals surface area contributed by atoms with Gasteiger partial charge in [0, 0.05) is 30.2 Å². The van der Waals surface area contributed by atoms with E-state index in [0.717, 1.165) is 0 Å². The molecule has 0 radical (unpaired) electrons. The summed E-state index contributed by atoms with van der Waals surface area (Å²) in [5.41, 5.74) is 0.701. The second kappa shape index (κ2) is 5.92. The zero-order chi connectivity index (χ0) is 14.8. The highest BCUT2D eigenvalue weighted by Gasteiger charge is 2.30. The van der Waals surface area contributed by atoms with E-state index in [0.29, 0.717) is 28.7 Å². The minimum atomic E-state index is -1.39. The predicted octanol–water partition coefficient (Wildman–Crippen LogP) is 1.38. The highest BCUT2D eigenvalue weighted by Crippen LogP contribution is 2.23. The van der Waals surface area contributed by atoms with E-state index in [1.165, 1.54) is 16.2 Å². The number of hydrogen-bond donors (Lipinski definition) is 2. The van der Waals surface area contributed by atoms with E-state index in [2.05, 4.69) is 9.71 Å². The van der Waals surface area contributed by atoms with Crippen molar-refractivity contribution in [3.05, 3.63) is 35.8 Å². The monoisotopic (exact) mass is 323 g/mol. The topological polar surface area (TPSA) is 82.5 Å². The third-order valence-corrected chi connectivity index (χ3v) is 5.05. The van der Waals surface area contributed by atoms with Crippen LogP contribution in [0.4, 0.5) is 10.8 Å². The molecule has 2 atom stereocenters. The van der Waals surface area contributed by atoms with E-state index in [9.17, 15) is 14.1 Å². The summed E-state index contributed by atoms with van der Waals surface area (Å²) < 4.78 is 14.9. The summed E-state index contributed by atoms with van der Waals surface area (Å²) in [6.07, 6.45) is 1.17. The maximum absolute atomic E-state index is 12.1. The Morgan fingerprint density at radius 3 is 2.71 bits per heavy atom. The van der Waals surface area contributed by atoms with Crippen molar-refractivity contribution < 1.29 is 14.1 Å². The highest BCUT2D eigenvalue weighted by molar-refractivity contribution is 7.86. The smallest absolute Gasteiger partial charge is 0.255 e. The molecule has 1 unspecified atom stereocenters. The van der Waals surface area contributed by atoms with Crippen molar-refractivity contribution in [2.24, 2.45) is 0 Å². The average molecular weight is 323 g/mol. The number of carbonyl (C=O) groups is 1. The van der Waals surface area contributed by atoms with E-state index < -0.39 is 17.1 Å². The van der Waals surface area contributed by atoms with Gasteiger partial charge in [0.05, 0.1) is 4.90 Å². The summed E-state index contributed by atoms with van der Waals surface area (Å²) in [7, 11) is -1.39. The van der Waals surface area contributed by atoms with Gasteiger partial charge in [0.2, 0.25) is 0 Å². The van der Waals surface area contributed by atoms with Gasteiger partial charge >= 0.3 is 0 Å². The molecule has 0 saturated carbocycles. The number of amides is 1. The molecule has 2 aromatic rings. The first-order valence-electron chi connectivity index (χ1n) is 6.32. The Morgan fingerprint density at radius 2 is 2.14 bits per heavy atom. The summed E-state index contributed by atoms with van der Waals surface area (Å²) in [5, 5.41) is 11.9. The lowest BCUT2D eigenvalue weighted by atomic mass is 10.3. The maximum Gasteiger partial charge on any atom is 0.255 e. The molecule has 6 nitrogen and oxygen atoms in total. The van der Waals surface area contributed by atoms with Crippen LogP contribution in [0.25, 0.3) is 0 Å². The summed E-state index contributed by atoms with van der Waals surface area (Å²) in [5.74, 6) is -0.287. The Morgan fingerprint density at radius 1 is 1.38 bits per heavy atom. The summed E-state index contributed by atoms with van der Waals surface area (Å²) in [6.45, 7) is 0.500. The van der Waals surface area contributed by atoms with Gasteiger partial charge in [-0.05, 0) is 24.3 Å². The lowest BCUT2D eigenvalue weighted by Crippen LogP contribution is -2.28. The third-order valence-electron chi connectivity index (χ3n) is 3.15. The molecule has 2 heterocycles. The predicted molar refractivity (Wildman–Crippen MR) is 81.6 cm³/mol. The van der Waals surface area contributed by atoms with Gasteiger partial charge < -0.3 is 10.0 Å². The number of benzene rings is 1. The van der Waals surface area contributed by atoms with Crippen LogP contribution in [-0.4, -0.2) is 32.9 Å². The first kappa shape index (κ1) is 14.2. The number of aromatic nitrogens is 1. The Bertz CT molecular complexity index is 658. The molecule has 1 aromatic carbocycles. The lowest BCUT2D eigenvalue weighted by Gasteiger charge is -2.16. The van der Waals surface area contributed by atoms with Crippen molar-refractivity contribution in [1.29, 1.82) is 0 Å². The Balaban J connectivity index is 1.72.